The van der Waals surface area contributed by atoms with Gasteiger partial charge in [0.1, 0.15) is 10.7 Å². The molecule has 1 amide bonds. The number of carbonyl (C=O) groups excluding carboxylic acids is 2. The molecule has 0 saturated carbocycles. The van der Waals surface area contributed by atoms with Crippen LogP contribution in [0.4, 0.5) is 11.6 Å². The van der Waals surface area contributed by atoms with Gasteiger partial charge in [-0.15, -0.1) is 0 Å². The monoisotopic (exact) mass is 386 g/mol. The van der Waals surface area contributed by atoms with Crippen LogP contribution in [0.3, 0.4) is 0 Å². The zero-order chi connectivity index (χ0) is 20.7. The van der Waals surface area contributed by atoms with Crippen molar-refractivity contribution in [1.82, 2.24) is 0 Å². The number of hydrogen-bond acceptors (Lipinski definition) is 6. The van der Waals surface area contributed by atoms with Crippen molar-refractivity contribution in [3.8, 4) is 0 Å². The van der Waals surface area contributed by atoms with Crippen LogP contribution in [0.25, 0.3) is 6.08 Å². The maximum absolute atomic E-state index is 12.4. The minimum absolute atomic E-state index is 0.128. The molecule has 8 nitrogen and oxygen atoms in total. The van der Waals surface area contributed by atoms with Crippen LogP contribution in [0.5, 0.6) is 0 Å². The molecule has 0 aliphatic carbocycles. The molecule has 1 N–H and O–H groups in total. The van der Waals surface area contributed by atoms with Gasteiger partial charge in [0.25, 0.3) is 5.91 Å². The molecular formula is C20H22N2O6. The van der Waals surface area contributed by atoms with Crippen molar-refractivity contribution in [3.63, 3.8) is 0 Å². The highest BCUT2D eigenvalue weighted by Crippen LogP contribution is 2.26. The number of nitrogens with one attached hydrogen (secondary N) is 1. The summed E-state index contributed by atoms with van der Waals surface area (Å²) >= 11 is 0. The van der Waals surface area contributed by atoms with Gasteiger partial charge in [0, 0.05) is 11.8 Å². The second-order valence-corrected chi connectivity index (χ2v) is 6.23. The molecule has 0 fully saturated rings. The zero-order valence-electron chi connectivity index (χ0n) is 15.9. The minimum Gasteiger partial charge on any atom is -0.449 e. The van der Waals surface area contributed by atoms with Crippen LogP contribution in [-0.2, 0) is 14.3 Å². The quantitative estimate of drug-likeness (QED) is 0.314. The molecule has 0 saturated heterocycles. The van der Waals surface area contributed by atoms with Gasteiger partial charge in [0.15, 0.2) is 6.10 Å². The Morgan fingerprint density at radius 3 is 2.61 bits per heavy atom. The average Bonchev–Trinajstić information content (AvgIpc) is 3.15. The molecule has 1 heterocycles. The van der Waals surface area contributed by atoms with E-state index in [1.165, 1.54) is 25.1 Å². The van der Waals surface area contributed by atoms with Crippen LogP contribution < -0.4 is 5.32 Å². The number of rotatable bonds is 8. The summed E-state index contributed by atoms with van der Waals surface area (Å²) in [5.74, 6) is -1.25. The predicted molar refractivity (Wildman–Crippen MR) is 104 cm³/mol. The molecule has 2 aromatic rings. The Labute approximate surface area is 162 Å². The molecule has 2 atom stereocenters. The van der Waals surface area contributed by atoms with Crippen LogP contribution in [0.1, 0.15) is 44.4 Å². The SMILES string of the molecule is CC[C@H](C)c1ccccc1NC(=O)[C@H](C)OC(=O)/C=C/c1ccc([N+](=O)[O-])o1. The lowest BCUT2D eigenvalue weighted by atomic mass is 9.97. The Bertz CT molecular complexity index is 886. The van der Waals surface area contributed by atoms with Crippen LogP contribution in [0, 0.1) is 10.1 Å². The third-order valence-corrected chi connectivity index (χ3v) is 4.20. The third-order valence-electron chi connectivity index (χ3n) is 4.20. The van der Waals surface area contributed by atoms with Crippen molar-refractivity contribution in [2.24, 2.45) is 0 Å². The number of nitrogens with zero attached hydrogens (tertiary/aromatic N) is 1. The van der Waals surface area contributed by atoms with Crippen LogP contribution in [0.2, 0.25) is 0 Å². The fourth-order valence-electron chi connectivity index (χ4n) is 2.44. The molecular weight excluding hydrogens is 364 g/mol. The van der Waals surface area contributed by atoms with Crippen molar-refractivity contribution < 1.29 is 23.7 Å². The lowest BCUT2D eigenvalue weighted by molar-refractivity contribution is -0.402. The first-order valence-electron chi connectivity index (χ1n) is 8.84. The number of hydrogen-bond donors (Lipinski definition) is 1. The van der Waals surface area contributed by atoms with E-state index in [4.69, 9.17) is 9.15 Å². The number of anilines is 1. The van der Waals surface area contributed by atoms with E-state index in [1.54, 1.807) is 6.07 Å². The molecule has 2 rings (SSSR count). The molecule has 0 aliphatic heterocycles. The minimum atomic E-state index is -1.02. The number of para-hydroxylation sites is 1. The van der Waals surface area contributed by atoms with Gasteiger partial charge >= 0.3 is 11.9 Å². The maximum Gasteiger partial charge on any atom is 0.433 e. The normalized spacial score (nSPS) is 13.1. The summed E-state index contributed by atoms with van der Waals surface area (Å²) in [5, 5.41) is 13.3. The van der Waals surface area contributed by atoms with Gasteiger partial charge in [-0.25, -0.2) is 4.79 Å². The molecule has 1 aromatic carbocycles. The molecule has 148 valence electrons. The van der Waals surface area contributed by atoms with E-state index in [0.717, 1.165) is 18.1 Å². The topological polar surface area (TPSA) is 112 Å². The van der Waals surface area contributed by atoms with Gasteiger partial charge in [0.2, 0.25) is 0 Å². The van der Waals surface area contributed by atoms with Gasteiger partial charge in [-0.05, 0) is 43.0 Å². The smallest absolute Gasteiger partial charge is 0.433 e. The summed E-state index contributed by atoms with van der Waals surface area (Å²) in [6.45, 7) is 5.59. The largest absolute Gasteiger partial charge is 0.449 e. The summed E-state index contributed by atoms with van der Waals surface area (Å²) in [7, 11) is 0. The standard InChI is InChI=1S/C20H22N2O6/c1-4-13(2)16-7-5-6-8-17(16)21-20(24)14(3)27-19(23)12-10-15-9-11-18(28-15)22(25)26/h5-14H,4H2,1-3H3,(H,21,24)/b12-10+/t13-,14-/m0/s1. The zero-order valence-corrected chi connectivity index (χ0v) is 15.9. The van der Waals surface area contributed by atoms with Gasteiger partial charge in [-0.3, -0.25) is 14.9 Å². The van der Waals surface area contributed by atoms with Crippen molar-refractivity contribution in [3.05, 3.63) is 63.9 Å². The number of amides is 1. The van der Waals surface area contributed by atoms with Crippen LogP contribution in [0.15, 0.2) is 46.9 Å². The molecule has 8 heteroatoms. The Hall–Kier alpha value is -3.42. The van der Waals surface area contributed by atoms with Crippen molar-refractivity contribution in [2.75, 3.05) is 5.32 Å². The first kappa shape index (κ1) is 20.9. The van der Waals surface area contributed by atoms with E-state index in [-0.39, 0.29) is 11.7 Å². The van der Waals surface area contributed by atoms with E-state index in [2.05, 4.69) is 19.2 Å². The number of esters is 1. The van der Waals surface area contributed by atoms with Crippen LogP contribution in [-0.4, -0.2) is 22.9 Å². The van der Waals surface area contributed by atoms with Crippen molar-refractivity contribution >= 4 is 29.5 Å². The Morgan fingerprint density at radius 2 is 1.96 bits per heavy atom. The lowest BCUT2D eigenvalue weighted by Crippen LogP contribution is -2.29. The predicted octanol–water partition coefficient (Wildman–Crippen LogP) is 4.28. The first-order valence-corrected chi connectivity index (χ1v) is 8.84. The van der Waals surface area contributed by atoms with E-state index < -0.39 is 28.8 Å². The number of benzene rings is 1. The highest BCUT2D eigenvalue weighted by molar-refractivity contribution is 5.97. The Morgan fingerprint density at radius 1 is 1.25 bits per heavy atom. The number of ether oxygens (including phenoxy) is 1. The Kier molecular flexibility index (Phi) is 7.08. The molecule has 1 aromatic heterocycles. The second-order valence-electron chi connectivity index (χ2n) is 6.23. The van der Waals surface area contributed by atoms with E-state index >= 15 is 0 Å². The van der Waals surface area contributed by atoms with Gasteiger partial charge in [-0.2, -0.15) is 0 Å². The molecule has 0 bridgehead atoms. The molecule has 0 unspecified atom stereocenters. The van der Waals surface area contributed by atoms with Crippen LogP contribution >= 0.6 is 0 Å². The summed E-state index contributed by atoms with van der Waals surface area (Å²) in [4.78, 5) is 34.1. The second kappa shape index (κ2) is 9.50. The average molecular weight is 386 g/mol. The van der Waals surface area contributed by atoms with E-state index in [9.17, 15) is 19.7 Å². The van der Waals surface area contributed by atoms with Crippen molar-refractivity contribution in [2.45, 2.75) is 39.2 Å². The number of carbonyl (C=O) groups is 2. The molecule has 0 aliphatic rings. The number of nitro groups is 1. The highest BCUT2D eigenvalue weighted by Gasteiger charge is 2.19. The van der Waals surface area contributed by atoms with Gasteiger partial charge in [-0.1, -0.05) is 32.0 Å². The first-order chi connectivity index (χ1) is 13.3. The number of furan rings is 1. The fraction of sp³-hybridized carbons (Fsp3) is 0.300. The maximum atomic E-state index is 12.4. The van der Waals surface area contributed by atoms with Gasteiger partial charge in [0.05, 0.1) is 6.07 Å². The summed E-state index contributed by atoms with van der Waals surface area (Å²) in [6.07, 6.45) is 2.18. The Balaban J connectivity index is 1.95. The fourth-order valence-corrected chi connectivity index (χ4v) is 2.44. The molecule has 28 heavy (non-hydrogen) atoms. The highest BCUT2D eigenvalue weighted by atomic mass is 16.6. The summed E-state index contributed by atoms with van der Waals surface area (Å²) in [6, 6.07) is 10.0. The van der Waals surface area contributed by atoms with E-state index in [0.29, 0.717) is 5.69 Å². The van der Waals surface area contributed by atoms with Gasteiger partial charge < -0.3 is 14.5 Å². The molecule has 0 spiro atoms. The summed E-state index contributed by atoms with van der Waals surface area (Å²) < 4.78 is 9.97. The molecule has 0 radical (unpaired) electrons. The summed E-state index contributed by atoms with van der Waals surface area (Å²) in [5.41, 5.74) is 1.69. The lowest BCUT2D eigenvalue weighted by Gasteiger charge is -2.17. The van der Waals surface area contributed by atoms with E-state index in [1.807, 2.05) is 18.2 Å². The van der Waals surface area contributed by atoms with Crippen molar-refractivity contribution in [1.29, 1.82) is 0 Å². The third kappa shape index (κ3) is 5.54.